The van der Waals surface area contributed by atoms with E-state index in [0.29, 0.717) is 0 Å². The fourth-order valence-corrected chi connectivity index (χ4v) is 6.54. The van der Waals surface area contributed by atoms with Gasteiger partial charge in [-0.1, -0.05) is 73.9 Å². The molecule has 20 heavy (non-hydrogen) atoms. The lowest BCUT2D eigenvalue weighted by Crippen LogP contribution is -2.15. The van der Waals surface area contributed by atoms with E-state index in [0.717, 1.165) is 11.8 Å². The standard InChI is InChI=1S/C11H13.2C4H9.Al/c1-5-11-9(3)6-8(2)7-10(11)4;2*1-4(2)3;/h1,5-7H,2-4H3;2*4H,1H2,2-3H3;. The van der Waals surface area contributed by atoms with Crippen LogP contribution < -0.4 is 0 Å². The Kier molecular flexibility index (Phi) is 7.07. The molecule has 0 N–H and O–H groups in total. The van der Waals surface area contributed by atoms with Crippen LogP contribution in [-0.2, 0) is 0 Å². The van der Waals surface area contributed by atoms with Crippen molar-refractivity contribution in [3.05, 3.63) is 39.3 Å². The van der Waals surface area contributed by atoms with Gasteiger partial charge >= 0.3 is 0 Å². The second-order valence-corrected chi connectivity index (χ2v) is 10.0. The number of hydrogen-bond acceptors (Lipinski definition) is 0. The predicted octanol–water partition coefficient (Wildman–Crippen LogP) is 5.97. The Morgan fingerprint density at radius 2 is 1.35 bits per heavy atom. The van der Waals surface area contributed by atoms with Crippen LogP contribution in [0.1, 0.15) is 49.9 Å². The monoisotopic (exact) mass is 286 g/mol. The van der Waals surface area contributed by atoms with Gasteiger partial charge in [-0.25, -0.2) is 0 Å². The van der Waals surface area contributed by atoms with Crippen LogP contribution in [0.5, 0.6) is 0 Å². The Labute approximate surface area is 130 Å². The van der Waals surface area contributed by atoms with Gasteiger partial charge in [-0.05, 0) is 37.5 Å². The number of benzene rings is 1. The zero-order chi connectivity index (χ0) is 15.3. The summed E-state index contributed by atoms with van der Waals surface area (Å²) in [6.07, 6.45) is 2.42. The molecule has 0 amide bonds. The number of hydrogen-bond donors (Lipinski definition) is 0. The molecule has 0 nitrogen and oxygen atoms in total. The van der Waals surface area contributed by atoms with Crippen molar-refractivity contribution in [1.29, 1.82) is 0 Å². The van der Waals surface area contributed by atoms with Crippen LogP contribution in [0.15, 0.2) is 17.1 Å². The second-order valence-electron chi connectivity index (χ2n) is 7.19. The molecule has 0 radical (unpaired) electrons. The van der Waals surface area contributed by atoms with Crippen LogP contribution in [0.2, 0.25) is 10.6 Å². The summed E-state index contributed by atoms with van der Waals surface area (Å²) in [5, 5.41) is 2.86. The maximum absolute atomic E-state index is 2.59. The van der Waals surface area contributed by atoms with Crippen LogP contribution in [0, 0.1) is 32.6 Å². The summed E-state index contributed by atoms with van der Waals surface area (Å²) in [4.78, 5) is 2.59. The highest BCUT2D eigenvalue weighted by molar-refractivity contribution is 6.65. The molecule has 1 heteroatoms. The predicted molar refractivity (Wildman–Crippen MR) is 94.7 cm³/mol. The number of rotatable bonds is 6. The summed E-state index contributed by atoms with van der Waals surface area (Å²) in [6.45, 7) is 16.1. The maximum Gasteiger partial charge on any atom is 0.295 e. The molecular weight excluding hydrogens is 255 g/mol. The zero-order valence-corrected chi connectivity index (χ0v) is 15.6. The van der Waals surface area contributed by atoms with Crippen molar-refractivity contribution in [2.24, 2.45) is 11.8 Å². The van der Waals surface area contributed by atoms with Crippen molar-refractivity contribution < 1.29 is 0 Å². The van der Waals surface area contributed by atoms with E-state index in [4.69, 9.17) is 0 Å². The van der Waals surface area contributed by atoms with Gasteiger partial charge in [0.1, 0.15) is 0 Å². The first-order chi connectivity index (χ1) is 9.29. The summed E-state index contributed by atoms with van der Waals surface area (Å²) in [5.41, 5.74) is 5.65. The van der Waals surface area contributed by atoms with E-state index >= 15 is 0 Å². The zero-order valence-electron chi connectivity index (χ0n) is 14.5. The third kappa shape index (κ3) is 5.86. The molecule has 0 aliphatic carbocycles. The Bertz CT molecular complexity index is 422. The highest BCUT2D eigenvalue weighted by Gasteiger charge is 2.17. The smallest absolute Gasteiger partial charge is 0.144 e. The molecule has 0 spiro atoms. The second kappa shape index (κ2) is 8.06. The van der Waals surface area contributed by atoms with E-state index in [-0.39, 0.29) is 0 Å². The van der Waals surface area contributed by atoms with Crippen molar-refractivity contribution >= 4 is 20.2 Å². The Morgan fingerprint density at radius 3 is 1.75 bits per heavy atom. The highest BCUT2D eigenvalue weighted by Crippen LogP contribution is 2.21. The van der Waals surface area contributed by atoms with Crippen LogP contribution >= 0.6 is 0 Å². The van der Waals surface area contributed by atoms with Crippen LogP contribution in [0.25, 0.3) is 6.08 Å². The molecule has 0 saturated carbocycles. The molecule has 0 heterocycles. The summed E-state index contributed by atoms with van der Waals surface area (Å²) < 4.78 is 0. The van der Waals surface area contributed by atoms with Gasteiger partial charge in [0.05, 0.1) is 0 Å². The highest BCUT2D eigenvalue weighted by atomic mass is 27.2. The summed E-state index contributed by atoms with van der Waals surface area (Å²) in [7, 11) is 0. The minimum absolute atomic E-state index is 0.753. The fraction of sp³-hybridized carbons (Fsp3) is 0.579. The van der Waals surface area contributed by atoms with Gasteiger partial charge in [0.2, 0.25) is 0 Å². The Morgan fingerprint density at radius 1 is 0.900 bits per heavy atom. The molecule has 0 atom stereocenters. The molecule has 0 bridgehead atoms. The molecular formula is C19H31Al. The largest absolute Gasteiger partial charge is 0.295 e. The van der Waals surface area contributed by atoms with Gasteiger partial charge in [0, 0.05) is 0 Å². The first kappa shape index (κ1) is 17.5. The minimum atomic E-state index is -0.753. The first-order valence-electron chi connectivity index (χ1n) is 8.05. The van der Waals surface area contributed by atoms with E-state index in [2.05, 4.69) is 71.6 Å². The molecule has 0 fully saturated rings. The third-order valence-corrected chi connectivity index (χ3v) is 7.65. The molecule has 0 saturated heterocycles. The van der Waals surface area contributed by atoms with Gasteiger partial charge < -0.3 is 0 Å². The third-order valence-electron chi connectivity index (χ3n) is 3.82. The van der Waals surface area contributed by atoms with Gasteiger partial charge in [-0.2, -0.15) is 0 Å². The van der Waals surface area contributed by atoms with Crippen molar-refractivity contribution in [3.63, 3.8) is 0 Å². The SMILES string of the molecule is Cc1cc(C)c(C=[CH][Al]([CH2]C(C)C)[CH2]C(C)C)c(C)c1. The topological polar surface area (TPSA) is 0 Å². The fourth-order valence-electron chi connectivity index (χ4n) is 3.15. The van der Waals surface area contributed by atoms with Crippen molar-refractivity contribution in [3.8, 4) is 0 Å². The molecule has 1 aromatic rings. The molecule has 0 unspecified atom stereocenters. The van der Waals surface area contributed by atoms with Crippen molar-refractivity contribution in [2.45, 2.75) is 59.0 Å². The lowest BCUT2D eigenvalue weighted by atomic mass is 10.0. The quantitative estimate of drug-likeness (QED) is 0.565. The van der Waals surface area contributed by atoms with E-state index in [1.807, 2.05) is 0 Å². The molecule has 1 rings (SSSR count). The lowest BCUT2D eigenvalue weighted by Gasteiger charge is -2.13. The van der Waals surface area contributed by atoms with Crippen molar-refractivity contribution in [1.82, 2.24) is 0 Å². The molecule has 0 aromatic heterocycles. The first-order valence-corrected chi connectivity index (χ1v) is 10.4. The normalized spacial score (nSPS) is 11.8. The average molecular weight is 286 g/mol. The summed E-state index contributed by atoms with van der Waals surface area (Å²) in [6, 6.07) is 4.60. The van der Waals surface area contributed by atoms with Gasteiger partial charge in [0.15, 0.2) is 0 Å². The van der Waals surface area contributed by atoms with E-state index < -0.39 is 14.1 Å². The minimum Gasteiger partial charge on any atom is -0.144 e. The van der Waals surface area contributed by atoms with Crippen LogP contribution in [-0.4, -0.2) is 14.1 Å². The van der Waals surface area contributed by atoms with E-state index in [9.17, 15) is 0 Å². The molecule has 1 aromatic carbocycles. The van der Waals surface area contributed by atoms with Gasteiger partial charge in [-0.3, -0.25) is 0 Å². The van der Waals surface area contributed by atoms with E-state index in [1.165, 1.54) is 32.8 Å². The lowest BCUT2D eigenvalue weighted by molar-refractivity contribution is 0.694. The van der Waals surface area contributed by atoms with Crippen LogP contribution in [0.4, 0.5) is 0 Å². The molecule has 0 aliphatic rings. The van der Waals surface area contributed by atoms with E-state index in [1.54, 1.807) is 0 Å². The number of aryl methyl sites for hydroxylation is 3. The molecule has 110 valence electrons. The van der Waals surface area contributed by atoms with Gasteiger partial charge in [0.25, 0.3) is 14.1 Å². The van der Waals surface area contributed by atoms with Crippen molar-refractivity contribution in [2.75, 3.05) is 0 Å². The Balaban J connectivity index is 2.92. The van der Waals surface area contributed by atoms with Crippen LogP contribution in [0.3, 0.4) is 0 Å². The molecule has 0 aliphatic heterocycles. The Hall–Kier alpha value is -0.508. The average Bonchev–Trinajstić information content (AvgIpc) is 2.25. The van der Waals surface area contributed by atoms with Gasteiger partial charge in [-0.15, -0.1) is 4.94 Å². The summed E-state index contributed by atoms with van der Waals surface area (Å²) in [5.74, 6) is 1.66. The maximum atomic E-state index is 2.59. The summed E-state index contributed by atoms with van der Waals surface area (Å²) >= 11 is -0.753.